The highest BCUT2D eigenvalue weighted by Gasteiger charge is 2.24. The maximum absolute atomic E-state index is 12.9. The van der Waals surface area contributed by atoms with Gasteiger partial charge in [-0.15, -0.1) is 11.3 Å². The number of carbonyl (C=O) groups is 1. The van der Waals surface area contributed by atoms with Crippen LogP contribution in [0.25, 0.3) is 10.2 Å². The van der Waals surface area contributed by atoms with E-state index in [4.69, 9.17) is 4.74 Å². The Morgan fingerprint density at radius 2 is 2.27 bits per heavy atom. The zero-order valence-electron chi connectivity index (χ0n) is 14.4. The number of hydrogen-bond donors (Lipinski definition) is 1. The Morgan fingerprint density at radius 1 is 1.35 bits per heavy atom. The Labute approximate surface area is 155 Å². The summed E-state index contributed by atoms with van der Waals surface area (Å²) in [5.74, 6) is 0.309. The van der Waals surface area contributed by atoms with Crippen molar-refractivity contribution in [3.63, 3.8) is 0 Å². The fraction of sp³-hybridized carbons (Fsp3) is 0.333. The molecule has 4 heterocycles. The molecule has 1 saturated heterocycles. The van der Waals surface area contributed by atoms with Crippen molar-refractivity contribution in [3.8, 4) is 0 Å². The number of thiophene rings is 1. The van der Waals surface area contributed by atoms with Crippen LogP contribution in [0.2, 0.25) is 0 Å². The molecule has 1 atom stereocenters. The van der Waals surface area contributed by atoms with Crippen LogP contribution in [0.3, 0.4) is 0 Å². The number of fused-ring (bicyclic) bond motifs is 1. The van der Waals surface area contributed by atoms with Gasteiger partial charge >= 0.3 is 0 Å². The monoisotopic (exact) mass is 369 g/mol. The molecule has 3 aromatic heterocycles. The minimum absolute atomic E-state index is 0.0754. The van der Waals surface area contributed by atoms with E-state index in [1.165, 1.54) is 11.3 Å². The van der Waals surface area contributed by atoms with Gasteiger partial charge in [0, 0.05) is 12.7 Å². The van der Waals surface area contributed by atoms with E-state index in [-0.39, 0.29) is 11.9 Å². The van der Waals surface area contributed by atoms with Crippen LogP contribution in [0.5, 0.6) is 0 Å². The standard InChI is InChI=1S/C18H19N5O2S/c1-12(13-5-2-3-7-19-13)20-18-21-14-6-10-26-16(14)15(22-18)17(24)23-8-4-9-25-11-23/h2-3,5-7,10,12H,4,8-9,11H2,1H3,(H,20,21,22). The van der Waals surface area contributed by atoms with E-state index in [9.17, 15) is 4.79 Å². The van der Waals surface area contributed by atoms with Gasteiger partial charge in [0.05, 0.1) is 28.6 Å². The average Bonchev–Trinajstić information content (AvgIpc) is 3.16. The van der Waals surface area contributed by atoms with Crippen LogP contribution in [0.1, 0.15) is 35.6 Å². The number of pyridine rings is 1. The summed E-state index contributed by atoms with van der Waals surface area (Å²) in [5.41, 5.74) is 2.08. The Kier molecular flexibility index (Phi) is 4.77. The predicted octanol–water partition coefficient (Wildman–Crippen LogP) is 3.08. The number of aromatic nitrogens is 3. The zero-order valence-corrected chi connectivity index (χ0v) is 15.2. The second-order valence-electron chi connectivity index (χ2n) is 6.11. The van der Waals surface area contributed by atoms with Crippen molar-refractivity contribution in [2.45, 2.75) is 19.4 Å². The van der Waals surface area contributed by atoms with E-state index in [0.29, 0.717) is 31.5 Å². The summed E-state index contributed by atoms with van der Waals surface area (Å²) in [5, 5.41) is 5.18. The van der Waals surface area contributed by atoms with Gasteiger partial charge in [-0.2, -0.15) is 0 Å². The van der Waals surface area contributed by atoms with Crippen LogP contribution >= 0.6 is 11.3 Å². The molecule has 0 bridgehead atoms. The highest BCUT2D eigenvalue weighted by molar-refractivity contribution is 7.17. The number of nitrogens with one attached hydrogen (secondary N) is 1. The van der Waals surface area contributed by atoms with Gasteiger partial charge in [-0.25, -0.2) is 9.97 Å². The number of amides is 1. The molecule has 134 valence electrons. The van der Waals surface area contributed by atoms with Gasteiger partial charge in [0.1, 0.15) is 6.73 Å². The molecular formula is C18H19N5O2S. The molecule has 26 heavy (non-hydrogen) atoms. The van der Waals surface area contributed by atoms with Gasteiger partial charge in [0.25, 0.3) is 5.91 Å². The van der Waals surface area contributed by atoms with Crippen LogP contribution < -0.4 is 5.32 Å². The van der Waals surface area contributed by atoms with Crippen molar-refractivity contribution in [3.05, 3.63) is 47.2 Å². The van der Waals surface area contributed by atoms with Gasteiger partial charge in [0.15, 0.2) is 5.69 Å². The molecule has 7 nitrogen and oxygen atoms in total. The molecular weight excluding hydrogens is 350 g/mol. The molecule has 0 aromatic carbocycles. The maximum atomic E-state index is 12.9. The van der Waals surface area contributed by atoms with Crippen LogP contribution in [0.4, 0.5) is 5.95 Å². The largest absolute Gasteiger partial charge is 0.361 e. The Morgan fingerprint density at radius 3 is 3.04 bits per heavy atom. The number of ether oxygens (including phenoxy) is 1. The van der Waals surface area contributed by atoms with Gasteiger partial charge in [-0.1, -0.05) is 6.07 Å². The number of rotatable bonds is 4. The average molecular weight is 369 g/mol. The summed E-state index contributed by atoms with van der Waals surface area (Å²) in [6, 6.07) is 7.59. The van der Waals surface area contributed by atoms with E-state index < -0.39 is 0 Å². The van der Waals surface area contributed by atoms with Crippen molar-refractivity contribution < 1.29 is 9.53 Å². The smallest absolute Gasteiger partial charge is 0.275 e. The molecule has 0 saturated carbocycles. The van der Waals surface area contributed by atoms with E-state index in [2.05, 4.69) is 20.3 Å². The first kappa shape index (κ1) is 16.9. The van der Waals surface area contributed by atoms with Crippen LogP contribution in [0.15, 0.2) is 35.8 Å². The number of carbonyl (C=O) groups excluding carboxylic acids is 1. The molecule has 3 aromatic rings. The van der Waals surface area contributed by atoms with Crippen molar-refractivity contribution in [2.24, 2.45) is 0 Å². The molecule has 0 spiro atoms. The van der Waals surface area contributed by atoms with Gasteiger partial charge < -0.3 is 15.0 Å². The summed E-state index contributed by atoms with van der Waals surface area (Å²) in [6.07, 6.45) is 2.59. The summed E-state index contributed by atoms with van der Waals surface area (Å²) in [7, 11) is 0. The van der Waals surface area contributed by atoms with E-state index in [1.54, 1.807) is 11.1 Å². The van der Waals surface area contributed by atoms with Gasteiger partial charge in [-0.3, -0.25) is 9.78 Å². The van der Waals surface area contributed by atoms with Gasteiger partial charge in [-0.05, 0) is 36.9 Å². The molecule has 1 unspecified atom stereocenters. The maximum Gasteiger partial charge on any atom is 0.275 e. The second kappa shape index (κ2) is 7.35. The quantitative estimate of drug-likeness (QED) is 0.761. The molecule has 1 aliphatic rings. The van der Waals surface area contributed by atoms with Crippen molar-refractivity contribution in [1.29, 1.82) is 0 Å². The predicted molar refractivity (Wildman–Crippen MR) is 100 cm³/mol. The fourth-order valence-electron chi connectivity index (χ4n) is 2.88. The third-order valence-electron chi connectivity index (χ3n) is 4.23. The molecule has 1 N–H and O–H groups in total. The molecule has 0 radical (unpaired) electrons. The van der Waals surface area contributed by atoms with Crippen molar-refractivity contribution in [1.82, 2.24) is 19.9 Å². The second-order valence-corrected chi connectivity index (χ2v) is 7.03. The molecule has 1 amide bonds. The molecule has 1 fully saturated rings. The Balaban J connectivity index is 1.65. The van der Waals surface area contributed by atoms with Crippen molar-refractivity contribution in [2.75, 3.05) is 25.2 Å². The number of hydrogen-bond acceptors (Lipinski definition) is 7. The zero-order chi connectivity index (χ0) is 17.9. The van der Waals surface area contributed by atoms with Crippen molar-refractivity contribution >= 4 is 33.4 Å². The third kappa shape index (κ3) is 3.38. The molecule has 8 heteroatoms. The molecule has 0 aliphatic carbocycles. The fourth-order valence-corrected chi connectivity index (χ4v) is 3.69. The van der Waals surface area contributed by atoms with Crippen LogP contribution in [-0.2, 0) is 4.74 Å². The SMILES string of the molecule is CC(Nc1nc(C(=O)N2CCCOC2)c2sccc2n1)c1ccccn1. The van der Waals surface area contributed by atoms with Crippen LogP contribution in [0, 0.1) is 0 Å². The Bertz CT molecular complexity index is 908. The topological polar surface area (TPSA) is 80.2 Å². The first-order valence-corrected chi connectivity index (χ1v) is 9.40. The summed E-state index contributed by atoms with van der Waals surface area (Å²) >= 11 is 1.48. The Hall–Kier alpha value is -2.58. The normalized spacial score (nSPS) is 15.8. The van der Waals surface area contributed by atoms with E-state index >= 15 is 0 Å². The highest BCUT2D eigenvalue weighted by Crippen LogP contribution is 2.26. The molecule has 4 rings (SSSR count). The highest BCUT2D eigenvalue weighted by atomic mass is 32.1. The number of anilines is 1. The number of nitrogens with zero attached hydrogens (tertiary/aromatic N) is 4. The lowest BCUT2D eigenvalue weighted by Crippen LogP contribution is -2.38. The van der Waals surface area contributed by atoms with Gasteiger partial charge in [0.2, 0.25) is 5.95 Å². The lowest BCUT2D eigenvalue weighted by molar-refractivity contribution is -0.00590. The summed E-state index contributed by atoms with van der Waals surface area (Å²) < 4.78 is 6.21. The molecule has 1 aliphatic heterocycles. The van der Waals surface area contributed by atoms with E-state index in [1.807, 2.05) is 36.6 Å². The lowest BCUT2D eigenvalue weighted by atomic mass is 10.2. The van der Waals surface area contributed by atoms with Crippen LogP contribution in [-0.4, -0.2) is 45.6 Å². The third-order valence-corrected chi connectivity index (χ3v) is 5.14. The summed E-state index contributed by atoms with van der Waals surface area (Å²) in [6.45, 7) is 3.67. The first-order chi connectivity index (χ1) is 12.7. The van der Waals surface area contributed by atoms with E-state index in [0.717, 1.165) is 22.3 Å². The minimum atomic E-state index is -0.118. The first-order valence-electron chi connectivity index (χ1n) is 8.52. The summed E-state index contributed by atoms with van der Waals surface area (Å²) in [4.78, 5) is 28.1. The lowest BCUT2D eigenvalue weighted by Gasteiger charge is -2.26. The minimum Gasteiger partial charge on any atom is -0.361 e.